The van der Waals surface area contributed by atoms with E-state index < -0.39 is 10.0 Å². The maximum absolute atomic E-state index is 11.1. The minimum atomic E-state index is -3.14. The molecule has 1 N–H and O–H groups in total. The quantitative estimate of drug-likeness (QED) is 0.851. The zero-order chi connectivity index (χ0) is 16.2. The average Bonchev–Trinajstić information content (AvgIpc) is 2.96. The molecule has 0 atom stereocenters. The number of hydrogen-bond acceptors (Lipinski definition) is 4. The van der Waals surface area contributed by atoms with Crippen molar-refractivity contribution in [3.63, 3.8) is 0 Å². The van der Waals surface area contributed by atoms with Gasteiger partial charge >= 0.3 is 0 Å². The van der Waals surface area contributed by atoms with Gasteiger partial charge in [0.2, 0.25) is 10.0 Å². The summed E-state index contributed by atoms with van der Waals surface area (Å²) in [7, 11) is -3.14. The van der Waals surface area contributed by atoms with Gasteiger partial charge in [0.05, 0.1) is 12.5 Å². The van der Waals surface area contributed by atoms with Crippen LogP contribution in [0.3, 0.4) is 0 Å². The Labute approximate surface area is 132 Å². The van der Waals surface area contributed by atoms with E-state index in [9.17, 15) is 8.42 Å². The lowest BCUT2D eigenvalue weighted by Crippen LogP contribution is -2.34. The molecule has 22 heavy (non-hydrogen) atoms. The Morgan fingerprint density at radius 1 is 1.27 bits per heavy atom. The van der Waals surface area contributed by atoms with Crippen molar-refractivity contribution >= 4 is 15.7 Å². The maximum Gasteiger partial charge on any atom is 0.208 e. The van der Waals surface area contributed by atoms with E-state index in [0.717, 1.165) is 29.1 Å². The van der Waals surface area contributed by atoms with Crippen LogP contribution in [-0.2, 0) is 10.0 Å². The lowest BCUT2D eigenvalue weighted by molar-refractivity contribution is 0.581. The molecule has 0 bridgehead atoms. The predicted molar refractivity (Wildman–Crippen MR) is 89.6 cm³/mol. The monoisotopic (exact) mass is 322 g/mol. The number of benzene rings is 1. The van der Waals surface area contributed by atoms with Crippen molar-refractivity contribution in [3.8, 4) is 11.3 Å². The van der Waals surface area contributed by atoms with Gasteiger partial charge in [-0.05, 0) is 49.7 Å². The number of rotatable bonds is 7. The van der Waals surface area contributed by atoms with E-state index in [4.69, 9.17) is 4.42 Å². The lowest BCUT2D eigenvalue weighted by atomic mass is 10.1. The number of furan rings is 1. The second-order valence-corrected chi connectivity index (χ2v) is 7.06. The lowest BCUT2D eigenvalue weighted by Gasteiger charge is -2.24. The summed E-state index contributed by atoms with van der Waals surface area (Å²) in [5.41, 5.74) is 3.27. The van der Waals surface area contributed by atoms with E-state index in [1.807, 2.05) is 31.2 Å². The summed E-state index contributed by atoms with van der Waals surface area (Å²) in [4.78, 5) is 2.14. The SMILES string of the molecule is CCN(CCNS(C)(=O)=O)c1ccc(-c2ccco2)c(C)c1. The smallest absolute Gasteiger partial charge is 0.208 e. The van der Waals surface area contributed by atoms with Gasteiger partial charge < -0.3 is 9.32 Å². The van der Waals surface area contributed by atoms with Gasteiger partial charge in [0.15, 0.2) is 0 Å². The summed E-state index contributed by atoms with van der Waals surface area (Å²) in [5.74, 6) is 0.853. The molecular formula is C16H22N2O3S. The first-order chi connectivity index (χ1) is 10.4. The van der Waals surface area contributed by atoms with E-state index in [1.54, 1.807) is 6.26 Å². The van der Waals surface area contributed by atoms with Crippen molar-refractivity contribution in [3.05, 3.63) is 42.2 Å². The highest BCUT2D eigenvalue weighted by atomic mass is 32.2. The third-order valence-corrected chi connectivity index (χ3v) is 4.22. The Bertz CT molecular complexity index is 709. The first-order valence-corrected chi connectivity index (χ1v) is 9.14. The van der Waals surface area contributed by atoms with Crippen LogP contribution in [0.2, 0.25) is 0 Å². The zero-order valence-corrected chi connectivity index (χ0v) is 14.0. The van der Waals surface area contributed by atoms with Crippen LogP contribution in [0.25, 0.3) is 11.3 Å². The van der Waals surface area contributed by atoms with Crippen LogP contribution in [0.15, 0.2) is 41.0 Å². The molecule has 0 saturated heterocycles. The van der Waals surface area contributed by atoms with Crippen LogP contribution in [0.1, 0.15) is 12.5 Å². The highest BCUT2D eigenvalue weighted by molar-refractivity contribution is 7.88. The number of likely N-dealkylation sites (N-methyl/N-ethyl adjacent to an activating group) is 1. The standard InChI is InChI=1S/C16H22N2O3S/c1-4-18(10-9-17-22(3,19)20)14-7-8-15(13(2)12-14)16-6-5-11-21-16/h5-8,11-12,17H,4,9-10H2,1-3H3. The molecular weight excluding hydrogens is 300 g/mol. The van der Waals surface area contributed by atoms with Crippen molar-refractivity contribution < 1.29 is 12.8 Å². The average molecular weight is 322 g/mol. The second kappa shape index (κ2) is 6.98. The summed E-state index contributed by atoms with van der Waals surface area (Å²) in [5, 5.41) is 0. The normalized spacial score (nSPS) is 11.6. The zero-order valence-electron chi connectivity index (χ0n) is 13.2. The van der Waals surface area contributed by atoms with E-state index >= 15 is 0 Å². The topological polar surface area (TPSA) is 62.6 Å². The van der Waals surface area contributed by atoms with Gasteiger partial charge in [-0.1, -0.05) is 0 Å². The molecule has 0 saturated carbocycles. The van der Waals surface area contributed by atoms with Gasteiger partial charge in [-0.15, -0.1) is 0 Å². The first-order valence-electron chi connectivity index (χ1n) is 7.25. The minimum absolute atomic E-state index is 0.395. The molecule has 1 aromatic heterocycles. The molecule has 1 heterocycles. The summed E-state index contributed by atoms with van der Waals surface area (Å²) in [6, 6.07) is 9.99. The van der Waals surface area contributed by atoms with Crippen molar-refractivity contribution in [2.75, 3.05) is 30.8 Å². The molecule has 0 amide bonds. The molecule has 0 aliphatic heterocycles. The van der Waals surface area contributed by atoms with E-state index in [1.165, 1.54) is 6.26 Å². The van der Waals surface area contributed by atoms with Crippen LogP contribution in [0.4, 0.5) is 5.69 Å². The van der Waals surface area contributed by atoms with Crippen LogP contribution < -0.4 is 9.62 Å². The maximum atomic E-state index is 11.1. The predicted octanol–water partition coefficient (Wildman–Crippen LogP) is 2.63. The van der Waals surface area contributed by atoms with Gasteiger partial charge in [-0.25, -0.2) is 13.1 Å². The number of hydrogen-bond donors (Lipinski definition) is 1. The number of nitrogens with zero attached hydrogens (tertiary/aromatic N) is 1. The van der Waals surface area contributed by atoms with Crippen molar-refractivity contribution in [2.24, 2.45) is 0 Å². The number of sulfonamides is 1. The van der Waals surface area contributed by atoms with Crippen LogP contribution in [0, 0.1) is 6.92 Å². The largest absolute Gasteiger partial charge is 0.464 e. The molecule has 2 rings (SSSR count). The Morgan fingerprint density at radius 3 is 2.59 bits per heavy atom. The Hall–Kier alpha value is -1.79. The molecule has 0 radical (unpaired) electrons. The molecule has 0 aliphatic rings. The highest BCUT2D eigenvalue weighted by Gasteiger charge is 2.10. The molecule has 6 heteroatoms. The molecule has 0 fully saturated rings. The summed E-state index contributed by atoms with van der Waals surface area (Å²) >= 11 is 0. The van der Waals surface area contributed by atoms with Crippen LogP contribution >= 0.6 is 0 Å². The van der Waals surface area contributed by atoms with Gasteiger partial charge in [-0.3, -0.25) is 0 Å². The molecule has 0 unspecified atom stereocenters. The van der Waals surface area contributed by atoms with Crippen molar-refractivity contribution in [1.29, 1.82) is 0 Å². The molecule has 2 aromatic rings. The third kappa shape index (κ3) is 4.35. The molecule has 1 aromatic carbocycles. The Morgan fingerprint density at radius 2 is 2.05 bits per heavy atom. The molecule has 0 aliphatic carbocycles. The number of aryl methyl sites for hydroxylation is 1. The fourth-order valence-corrected chi connectivity index (χ4v) is 2.85. The van der Waals surface area contributed by atoms with Crippen LogP contribution in [-0.4, -0.2) is 34.3 Å². The first kappa shape index (κ1) is 16.6. The fourth-order valence-electron chi connectivity index (χ4n) is 2.39. The Balaban J connectivity index is 2.11. The van der Waals surface area contributed by atoms with Crippen LogP contribution in [0.5, 0.6) is 0 Å². The van der Waals surface area contributed by atoms with Gasteiger partial charge in [0, 0.05) is 30.9 Å². The van der Waals surface area contributed by atoms with E-state index in [0.29, 0.717) is 13.1 Å². The molecule has 0 spiro atoms. The van der Waals surface area contributed by atoms with Gasteiger partial charge in [0.1, 0.15) is 5.76 Å². The minimum Gasteiger partial charge on any atom is -0.464 e. The summed E-state index contributed by atoms with van der Waals surface area (Å²) in [6.07, 6.45) is 2.84. The van der Waals surface area contributed by atoms with Crippen molar-refractivity contribution in [2.45, 2.75) is 13.8 Å². The van der Waals surface area contributed by atoms with Crippen molar-refractivity contribution in [1.82, 2.24) is 4.72 Å². The third-order valence-electron chi connectivity index (χ3n) is 3.49. The van der Waals surface area contributed by atoms with E-state index in [-0.39, 0.29) is 0 Å². The summed E-state index contributed by atoms with van der Waals surface area (Å²) < 4.78 is 30.2. The molecule has 120 valence electrons. The van der Waals surface area contributed by atoms with E-state index in [2.05, 4.69) is 22.6 Å². The second-order valence-electron chi connectivity index (χ2n) is 5.22. The Kier molecular flexibility index (Phi) is 5.26. The van der Waals surface area contributed by atoms with Gasteiger partial charge in [0.25, 0.3) is 0 Å². The summed E-state index contributed by atoms with van der Waals surface area (Å²) in [6.45, 7) is 5.93. The van der Waals surface area contributed by atoms with Gasteiger partial charge in [-0.2, -0.15) is 0 Å². The fraction of sp³-hybridized carbons (Fsp3) is 0.375. The number of nitrogens with one attached hydrogen (secondary N) is 1. The number of anilines is 1. The highest BCUT2D eigenvalue weighted by Crippen LogP contribution is 2.27. The molecule has 5 nitrogen and oxygen atoms in total.